The van der Waals surface area contributed by atoms with Gasteiger partial charge in [0.25, 0.3) is 0 Å². The van der Waals surface area contributed by atoms with E-state index in [2.05, 4.69) is 38.1 Å². The molecule has 2 rings (SSSR count). The van der Waals surface area contributed by atoms with Crippen molar-refractivity contribution in [2.75, 3.05) is 0 Å². The predicted molar refractivity (Wildman–Crippen MR) is 72.0 cm³/mol. The molecule has 0 radical (unpaired) electrons. The Morgan fingerprint density at radius 1 is 1.06 bits per heavy atom. The van der Waals surface area contributed by atoms with Crippen LogP contribution in [-0.4, -0.2) is 0 Å². The van der Waals surface area contributed by atoms with Crippen molar-refractivity contribution < 1.29 is 0 Å². The van der Waals surface area contributed by atoms with Gasteiger partial charge >= 0.3 is 0 Å². The number of nitrogens with two attached hydrogens (primary N) is 1. The summed E-state index contributed by atoms with van der Waals surface area (Å²) in [5.41, 5.74) is 8.94. The lowest BCUT2D eigenvalue weighted by Gasteiger charge is -2.31. The molecular weight excluding hydrogens is 218 g/mol. The highest BCUT2D eigenvalue weighted by Crippen LogP contribution is 2.36. The Hall–Kier alpha value is -0.530. The van der Waals surface area contributed by atoms with Crippen LogP contribution < -0.4 is 5.73 Å². The third kappa shape index (κ3) is 2.78. The standard InChI is InChI=1S/C14H21N.ClH/c1-10(2)11-6-8-13(9-7-11)14(15)12-4-3-5-12;/h6-10,12,14H,3-5,15H2,1-2H3;1H. The molecule has 1 unspecified atom stereocenters. The zero-order valence-corrected chi connectivity index (χ0v) is 11.0. The van der Waals surface area contributed by atoms with Crippen LogP contribution in [0.5, 0.6) is 0 Å². The first-order valence-corrected chi connectivity index (χ1v) is 6.04. The highest BCUT2D eigenvalue weighted by Gasteiger charge is 2.25. The molecule has 90 valence electrons. The van der Waals surface area contributed by atoms with Gasteiger partial charge in [0.15, 0.2) is 0 Å². The fourth-order valence-corrected chi connectivity index (χ4v) is 2.17. The van der Waals surface area contributed by atoms with Gasteiger partial charge in [-0.25, -0.2) is 0 Å². The van der Waals surface area contributed by atoms with E-state index in [1.165, 1.54) is 30.4 Å². The van der Waals surface area contributed by atoms with Crippen LogP contribution in [-0.2, 0) is 0 Å². The Morgan fingerprint density at radius 3 is 1.94 bits per heavy atom. The number of hydrogen-bond donors (Lipinski definition) is 1. The summed E-state index contributed by atoms with van der Waals surface area (Å²) < 4.78 is 0. The molecule has 1 aromatic carbocycles. The Morgan fingerprint density at radius 2 is 1.56 bits per heavy atom. The summed E-state index contributed by atoms with van der Waals surface area (Å²) in [6, 6.07) is 9.12. The fourth-order valence-electron chi connectivity index (χ4n) is 2.17. The molecule has 0 bridgehead atoms. The largest absolute Gasteiger partial charge is 0.324 e. The summed E-state index contributed by atoms with van der Waals surface area (Å²) in [7, 11) is 0. The van der Waals surface area contributed by atoms with E-state index in [1.54, 1.807) is 0 Å². The molecule has 0 aliphatic heterocycles. The third-order valence-electron chi connectivity index (χ3n) is 3.65. The predicted octanol–water partition coefficient (Wildman–Crippen LogP) is 4.03. The summed E-state index contributed by atoms with van der Waals surface area (Å²) in [5, 5.41) is 0. The van der Waals surface area contributed by atoms with E-state index in [9.17, 15) is 0 Å². The lowest BCUT2D eigenvalue weighted by molar-refractivity contribution is 0.264. The first kappa shape index (κ1) is 13.5. The summed E-state index contributed by atoms with van der Waals surface area (Å²) >= 11 is 0. The van der Waals surface area contributed by atoms with Gasteiger partial charge in [-0.15, -0.1) is 12.4 Å². The highest BCUT2D eigenvalue weighted by atomic mass is 35.5. The number of benzene rings is 1. The van der Waals surface area contributed by atoms with E-state index in [4.69, 9.17) is 5.73 Å². The van der Waals surface area contributed by atoms with Gasteiger partial charge in [-0.3, -0.25) is 0 Å². The molecular formula is C14H22ClN. The molecule has 1 aliphatic rings. The first-order valence-electron chi connectivity index (χ1n) is 6.04. The van der Waals surface area contributed by atoms with E-state index in [-0.39, 0.29) is 18.4 Å². The topological polar surface area (TPSA) is 26.0 Å². The van der Waals surface area contributed by atoms with Crippen LogP contribution in [0.4, 0.5) is 0 Å². The Balaban J connectivity index is 0.00000128. The Labute approximate surface area is 105 Å². The molecule has 1 nitrogen and oxygen atoms in total. The molecule has 0 amide bonds. The van der Waals surface area contributed by atoms with E-state index in [1.807, 2.05) is 0 Å². The SMILES string of the molecule is CC(C)c1ccc(C(N)C2CCC2)cc1.Cl. The minimum atomic E-state index is 0. The van der Waals surface area contributed by atoms with Gasteiger partial charge in [0.05, 0.1) is 0 Å². The molecule has 0 aromatic heterocycles. The van der Waals surface area contributed by atoms with Crippen molar-refractivity contribution in [2.24, 2.45) is 11.7 Å². The average molecular weight is 240 g/mol. The molecule has 1 atom stereocenters. The molecule has 0 spiro atoms. The van der Waals surface area contributed by atoms with Crippen molar-refractivity contribution in [3.05, 3.63) is 35.4 Å². The van der Waals surface area contributed by atoms with Crippen LogP contribution in [0, 0.1) is 5.92 Å². The van der Waals surface area contributed by atoms with Gasteiger partial charge in [-0.2, -0.15) is 0 Å². The first-order chi connectivity index (χ1) is 7.18. The Kier molecular flexibility index (Phi) is 4.82. The second kappa shape index (κ2) is 5.70. The maximum atomic E-state index is 6.23. The van der Waals surface area contributed by atoms with E-state index in [0.29, 0.717) is 5.92 Å². The Bertz CT molecular complexity index is 314. The zero-order chi connectivity index (χ0) is 10.8. The summed E-state index contributed by atoms with van der Waals surface area (Å²) in [5.74, 6) is 1.34. The normalized spacial score (nSPS) is 17.8. The summed E-state index contributed by atoms with van der Waals surface area (Å²) in [6.07, 6.45) is 3.99. The number of rotatable bonds is 3. The molecule has 16 heavy (non-hydrogen) atoms. The van der Waals surface area contributed by atoms with Crippen molar-refractivity contribution >= 4 is 12.4 Å². The lowest BCUT2D eigenvalue weighted by Crippen LogP contribution is -2.26. The van der Waals surface area contributed by atoms with Crippen molar-refractivity contribution in [2.45, 2.75) is 45.1 Å². The van der Waals surface area contributed by atoms with Gasteiger partial charge in [0.1, 0.15) is 0 Å². The highest BCUT2D eigenvalue weighted by molar-refractivity contribution is 5.85. The minimum Gasteiger partial charge on any atom is -0.324 e. The smallest absolute Gasteiger partial charge is 0.0323 e. The molecule has 1 aliphatic carbocycles. The third-order valence-corrected chi connectivity index (χ3v) is 3.65. The number of hydrogen-bond acceptors (Lipinski definition) is 1. The van der Waals surface area contributed by atoms with Crippen LogP contribution in [0.2, 0.25) is 0 Å². The summed E-state index contributed by atoms with van der Waals surface area (Å²) in [4.78, 5) is 0. The maximum absolute atomic E-state index is 6.23. The molecule has 0 heterocycles. The van der Waals surface area contributed by atoms with Gasteiger partial charge in [0.2, 0.25) is 0 Å². The molecule has 1 aromatic rings. The van der Waals surface area contributed by atoms with Crippen molar-refractivity contribution in [3.8, 4) is 0 Å². The van der Waals surface area contributed by atoms with Crippen LogP contribution in [0.3, 0.4) is 0 Å². The molecule has 2 N–H and O–H groups in total. The number of halogens is 1. The second-order valence-electron chi connectivity index (χ2n) is 5.04. The monoisotopic (exact) mass is 239 g/mol. The van der Waals surface area contributed by atoms with Gasteiger partial charge in [0, 0.05) is 6.04 Å². The maximum Gasteiger partial charge on any atom is 0.0323 e. The van der Waals surface area contributed by atoms with Gasteiger partial charge in [-0.1, -0.05) is 44.5 Å². The van der Waals surface area contributed by atoms with Crippen LogP contribution in [0.1, 0.15) is 56.2 Å². The van der Waals surface area contributed by atoms with Crippen molar-refractivity contribution in [3.63, 3.8) is 0 Å². The van der Waals surface area contributed by atoms with Crippen LogP contribution in [0.15, 0.2) is 24.3 Å². The van der Waals surface area contributed by atoms with Gasteiger partial charge in [-0.05, 0) is 35.8 Å². The lowest BCUT2D eigenvalue weighted by atomic mass is 9.77. The van der Waals surface area contributed by atoms with Crippen molar-refractivity contribution in [1.82, 2.24) is 0 Å². The van der Waals surface area contributed by atoms with E-state index >= 15 is 0 Å². The minimum absolute atomic E-state index is 0. The fraction of sp³-hybridized carbons (Fsp3) is 0.571. The van der Waals surface area contributed by atoms with Crippen LogP contribution >= 0.6 is 12.4 Å². The van der Waals surface area contributed by atoms with E-state index in [0.717, 1.165) is 5.92 Å². The summed E-state index contributed by atoms with van der Waals surface area (Å²) in [6.45, 7) is 4.45. The molecule has 0 saturated heterocycles. The zero-order valence-electron chi connectivity index (χ0n) is 10.1. The molecule has 1 fully saturated rings. The van der Waals surface area contributed by atoms with Crippen LogP contribution in [0.25, 0.3) is 0 Å². The quantitative estimate of drug-likeness (QED) is 0.847. The van der Waals surface area contributed by atoms with E-state index < -0.39 is 0 Å². The van der Waals surface area contributed by atoms with Crippen molar-refractivity contribution in [1.29, 1.82) is 0 Å². The average Bonchev–Trinajstić information content (AvgIpc) is 2.15. The second-order valence-corrected chi connectivity index (χ2v) is 5.04. The van der Waals surface area contributed by atoms with Gasteiger partial charge < -0.3 is 5.73 Å². The molecule has 2 heteroatoms. The molecule has 1 saturated carbocycles.